The van der Waals surface area contributed by atoms with E-state index in [0.29, 0.717) is 18.2 Å². The van der Waals surface area contributed by atoms with Crippen LogP contribution in [0.2, 0.25) is 0 Å². The van der Waals surface area contributed by atoms with Crippen molar-refractivity contribution in [2.75, 3.05) is 6.54 Å². The lowest BCUT2D eigenvalue weighted by atomic mass is 9.69. The van der Waals surface area contributed by atoms with E-state index < -0.39 is 0 Å². The zero-order valence-electron chi connectivity index (χ0n) is 11.5. The van der Waals surface area contributed by atoms with Crippen molar-refractivity contribution in [1.82, 2.24) is 0 Å². The summed E-state index contributed by atoms with van der Waals surface area (Å²) in [6.07, 6.45) is 6.67. The van der Waals surface area contributed by atoms with Gasteiger partial charge in [0.15, 0.2) is 0 Å². The number of Topliss-reactive ketones (excluding diaryl/α,β-unsaturated/α-hetero) is 1. The highest BCUT2D eigenvalue weighted by molar-refractivity contribution is 5.90. The maximum Gasteiger partial charge on any atom is 0.143 e. The minimum atomic E-state index is -0.188. The van der Waals surface area contributed by atoms with Crippen LogP contribution in [0.1, 0.15) is 50.0 Å². The van der Waals surface area contributed by atoms with Crippen LogP contribution in [-0.2, 0) is 4.79 Å². The van der Waals surface area contributed by atoms with Gasteiger partial charge in [-0.3, -0.25) is 4.79 Å². The van der Waals surface area contributed by atoms with Crippen molar-refractivity contribution in [2.24, 2.45) is 17.1 Å². The van der Waals surface area contributed by atoms with Gasteiger partial charge >= 0.3 is 0 Å². The van der Waals surface area contributed by atoms with Crippen molar-refractivity contribution in [3.05, 3.63) is 35.9 Å². The lowest BCUT2D eigenvalue weighted by Crippen LogP contribution is -2.41. The summed E-state index contributed by atoms with van der Waals surface area (Å²) in [6.45, 7) is 0.545. The summed E-state index contributed by atoms with van der Waals surface area (Å²) in [7, 11) is 0. The van der Waals surface area contributed by atoms with Gasteiger partial charge in [-0.15, -0.1) is 0 Å². The first-order valence-corrected chi connectivity index (χ1v) is 7.56. The van der Waals surface area contributed by atoms with E-state index in [1.165, 1.54) is 24.8 Å². The molecule has 2 saturated carbocycles. The van der Waals surface area contributed by atoms with Gasteiger partial charge in [-0.2, -0.15) is 0 Å². The molecule has 2 unspecified atom stereocenters. The molecule has 2 N–H and O–H groups in total. The van der Waals surface area contributed by atoms with E-state index in [2.05, 4.69) is 24.3 Å². The number of carbonyl (C=O) groups is 1. The maximum absolute atomic E-state index is 12.8. The molecule has 2 aliphatic carbocycles. The van der Waals surface area contributed by atoms with E-state index in [0.717, 1.165) is 19.3 Å². The standard InChI is InChI=1S/C17H23NO/c18-12-17(9-5-2-6-10-17)16(19)15-11-14(15)13-7-3-1-4-8-13/h1,3-4,7-8,14-15H,2,5-6,9-12,18H2. The van der Waals surface area contributed by atoms with E-state index in [1.807, 2.05) is 6.07 Å². The zero-order chi connectivity index (χ0) is 13.3. The fourth-order valence-corrected chi connectivity index (χ4v) is 3.73. The molecule has 0 saturated heterocycles. The topological polar surface area (TPSA) is 43.1 Å². The highest BCUT2D eigenvalue weighted by Crippen LogP contribution is 2.53. The van der Waals surface area contributed by atoms with Crippen molar-refractivity contribution >= 4 is 5.78 Å². The van der Waals surface area contributed by atoms with Crippen LogP contribution in [0.15, 0.2) is 30.3 Å². The average molecular weight is 257 g/mol. The van der Waals surface area contributed by atoms with E-state index in [-0.39, 0.29) is 11.3 Å². The van der Waals surface area contributed by atoms with Crippen LogP contribution in [0.25, 0.3) is 0 Å². The first-order chi connectivity index (χ1) is 9.27. The van der Waals surface area contributed by atoms with Crippen molar-refractivity contribution < 1.29 is 4.79 Å². The molecular formula is C17H23NO. The van der Waals surface area contributed by atoms with Crippen molar-refractivity contribution in [3.8, 4) is 0 Å². The van der Waals surface area contributed by atoms with Crippen LogP contribution in [0.3, 0.4) is 0 Å². The minimum absolute atomic E-state index is 0.188. The summed E-state index contributed by atoms with van der Waals surface area (Å²) < 4.78 is 0. The van der Waals surface area contributed by atoms with E-state index in [4.69, 9.17) is 5.73 Å². The van der Waals surface area contributed by atoms with Gasteiger partial charge in [0, 0.05) is 17.9 Å². The summed E-state index contributed by atoms with van der Waals surface area (Å²) in [5.74, 6) is 1.16. The number of benzene rings is 1. The Morgan fingerprint density at radius 3 is 2.47 bits per heavy atom. The van der Waals surface area contributed by atoms with Crippen LogP contribution >= 0.6 is 0 Å². The molecular weight excluding hydrogens is 234 g/mol. The Kier molecular flexibility index (Phi) is 3.44. The third-order valence-electron chi connectivity index (χ3n) is 5.08. The highest BCUT2D eigenvalue weighted by Gasteiger charge is 2.51. The Labute approximate surface area is 115 Å². The molecule has 1 aromatic rings. The molecule has 2 fully saturated rings. The van der Waals surface area contributed by atoms with Gasteiger partial charge in [0.05, 0.1) is 0 Å². The first kappa shape index (κ1) is 12.9. The second-order valence-corrected chi connectivity index (χ2v) is 6.27. The first-order valence-electron chi connectivity index (χ1n) is 7.56. The summed E-state index contributed by atoms with van der Waals surface area (Å²) in [6, 6.07) is 10.5. The van der Waals surface area contributed by atoms with Crippen molar-refractivity contribution in [3.63, 3.8) is 0 Å². The Hall–Kier alpha value is -1.15. The van der Waals surface area contributed by atoms with Gasteiger partial charge < -0.3 is 5.73 Å². The lowest BCUT2D eigenvalue weighted by molar-refractivity contribution is -0.131. The zero-order valence-corrected chi connectivity index (χ0v) is 11.5. The molecule has 2 heteroatoms. The molecule has 2 nitrogen and oxygen atoms in total. The average Bonchev–Trinajstić information content (AvgIpc) is 3.28. The van der Waals surface area contributed by atoms with Gasteiger partial charge in [0.2, 0.25) is 0 Å². The summed E-state index contributed by atoms with van der Waals surface area (Å²) in [5, 5.41) is 0. The summed E-state index contributed by atoms with van der Waals surface area (Å²) >= 11 is 0. The van der Waals surface area contributed by atoms with E-state index in [1.54, 1.807) is 0 Å². The largest absolute Gasteiger partial charge is 0.329 e. The van der Waals surface area contributed by atoms with Crippen LogP contribution in [-0.4, -0.2) is 12.3 Å². The molecule has 102 valence electrons. The molecule has 0 aromatic heterocycles. The summed E-state index contributed by atoms with van der Waals surface area (Å²) in [4.78, 5) is 12.8. The number of nitrogens with two attached hydrogens (primary N) is 1. The van der Waals surface area contributed by atoms with Crippen LogP contribution < -0.4 is 5.73 Å². The van der Waals surface area contributed by atoms with Gasteiger partial charge in [-0.05, 0) is 30.7 Å². The van der Waals surface area contributed by atoms with Crippen molar-refractivity contribution in [1.29, 1.82) is 0 Å². The second-order valence-electron chi connectivity index (χ2n) is 6.27. The third kappa shape index (κ3) is 2.34. The number of ketones is 1. The van der Waals surface area contributed by atoms with Gasteiger partial charge in [0.25, 0.3) is 0 Å². The Morgan fingerprint density at radius 1 is 1.16 bits per heavy atom. The lowest BCUT2D eigenvalue weighted by Gasteiger charge is -2.35. The van der Waals surface area contributed by atoms with Gasteiger partial charge in [0.1, 0.15) is 5.78 Å². The Bertz CT molecular complexity index is 448. The molecule has 0 radical (unpaired) electrons. The van der Waals surface area contributed by atoms with E-state index >= 15 is 0 Å². The Morgan fingerprint density at radius 2 is 1.84 bits per heavy atom. The number of hydrogen-bond donors (Lipinski definition) is 1. The van der Waals surface area contributed by atoms with E-state index in [9.17, 15) is 4.79 Å². The maximum atomic E-state index is 12.8. The molecule has 1 aromatic carbocycles. The SMILES string of the molecule is NCC1(C(=O)C2CC2c2ccccc2)CCCCC1. The molecule has 0 bridgehead atoms. The number of carbonyl (C=O) groups excluding carboxylic acids is 1. The number of hydrogen-bond acceptors (Lipinski definition) is 2. The molecule has 19 heavy (non-hydrogen) atoms. The number of rotatable bonds is 4. The molecule has 0 amide bonds. The molecule has 2 atom stereocenters. The Balaban J connectivity index is 1.72. The minimum Gasteiger partial charge on any atom is -0.329 e. The van der Waals surface area contributed by atoms with Crippen LogP contribution in [0.4, 0.5) is 0 Å². The molecule has 0 aliphatic heterocycles. The highest BCUT2D eigenvalue weighted by atomic mass is 16.1. The summed E-state index contributed by atoms with van der Waals surface area (Å²) in [5.41, 5.74) is 7.10. The fourth-order valence-electron chi connectivity index (χ4n) is 3.73. The molecule has 3 rings (SSSR count). The van der Waals surface area contributed by atoms with Crippen molar-refractivity contribution in [2.45, 2.75) is 44.4 Å². The second kappa shape index (κ2) is 5.09. The normalized spacial score (nSPS) is 28.9. The van der Waals surface area contributed by atoms with Gasteiger partial charge in [-0.1, -0.05) is 49.6 Å². The van der Waals surface area contributed by atoms with Crippen LogP contribution in [0.5, 0.6) is 0 Å². The fraction of sp³-hybridized carbons (Fsp3) is 0.588. The predicted molar refractivity (Wildman–Crippen MR) is 76.9 cm³/mol. The quantitative estimate of drug-likeness (QED) is 0.899. The molecule has 2 aliphatic rings. The predicted octanol–water partition coefficient (Wildman–Crippen LogP) is 3.27. The monoisotopic (exact) mass is 257 g/mol. The molecule has 0 spiro atoms. The van der Waals surface area contributed by atoms with Gasteiger partial charge in [-0.25, -0.2) is 0 Å². The molecule has 0 heterocycles. The third-order valence-corrected chi connectivity index (χ3v) is 5.08. The smallest absolute Gasteiger partial charge is 0.143 e. The van der Waals surface area contributed by atoms with Crippen LogP contribution in [0, 0.1) is 11.3 Å².